The molecule has 31 heavy (non-hydrogen) atoms. The molecule has 4 rings (SSSR count). The predicted octanol–water partition coefficient (Wildman–Crippen LogP) is 2.77. The molecule has 0 spiro atoms. The molecule has 0 radical (unpaired) electrons. The van der Waals surface area contributed by atoms with E-state index in [0.29, 0.717) is 12.2 Å². The first kappa shape index (κ1) is 21.8. The number of rotatable bonds is 7. The van der Waals surface area contributed by atoms with Crippen LogP contribution in [0.15, 0.2) is 71.6 Å². The summed E-state index contributed by atoms with van der Waals surface area (Å²) in [7, 11) is -3.83. The summed E-state index contributed by atoms with van der Waals surface area (Å²) < 4.78 is 28.8. The van der Waals surface area contributed by atoms with E-state index in [-0.39, 0.29) is 11.4 Å². The number of aryl methyl sites for hydroxylation is 1. The number of likely N-dealkylation sites (tertiary alicyclic amines) is 1. The van der Waals surface area contributed by atoms with Crippen molar-refractivity contribution in [3.05, 3.63) is 72.3 Å². The van der Waals surface area contributed by atoms with Crippen LogP contribution >= 0.6 is 0 Å². The van der Waals surface area contributed by atoms with Crippen molar-refractivity contribution in [3.63, 3.8) is 0 Å². The van der Waals surface area contributed by atoms with Crippen LogP contribution in [0.2, 0.25) is 0 Å². The van der Waals surface area contributed by atoms with Gasteiger partial charge in [0.2, 0.25) is 0 Å². The van der Waals surface area contributed by atoms with Gasteiger partial charge < -0.3 is 10.0 Å². The molecule has 1 heterocycles. The Hall–Kier alpha value is -2.41. The van der Waals surface area contributed by atoms with E-state index in [1.807, 2.05) is 61.5 Å². The Morgan fingerprint density at radius 1 is 0.935 bits per heavy atom. The molecule has 1 aliphatic rings. The fraction of sp³-hybridized carbons (Fsp3) is 0.360. The largest absolute Gasteiger partial charge is 0.385 e. The molecule has 0 aromatic heterocycles. The highest BCUT2D eigenvalue weighted by Gasteiger charge is 2.29. The minimum atomic E-state index is -3.83. The van der Waals surface area contributed by atoms with Crippen LogP contribution in [0.5, 0.6) is 0 Å². The molecule has 164 valence electrons. The number of sulfonamides is 1. The molecular formula is C25H31N2O3S+. The summed E-state index contributed by atoms with van der Waals surface area (Å²) in [6, 6.07) is 20.4. The Bertz CT molecular complexity index is 1120. The summed E-state index contributed by atoms with van der Waals surface area (Å²) in [4.78, 5) is 1.59. The zero-order valence-corrected chi connectivity index (χ0v) is 18.8. The van der Waals surface area contributed by atoms with E-state index >= 15 is 0 Å². The number of hydrogen-bond acceptors (Lipinski definition) is 3. The van der Waals surface area contributed by atoms with Gasteiger partial charge in [-0.15, -0.1) is 0 Å². The van der Waals surface area contributed by atoms with Crippen molar-refractivity contribution >= 4 is 26.5 Å². The molecule has 2 N–H and O–H groups in total. The molecule has 1 fully saturated rings. The first-order chi connectivity index (χ1) is 14.9. The smallest absolute Gasteiger partial charge is 0.264 e. The van der Waals surface area contributed by atoms with E-state index in [1.165, 1.54) is 28.5 Å². The lowest BCUT2D eigenvalue weighted by Gasteiger charge is -2.30. The number of hydrogen-bond donors (Lipinski definition) is 2. The topological polar surface area (TPSA) is 62.1 Å². The zero-order chi connectivity index (χ0) is 21.8. The maximum atomic E-state index is 13.7. The summed E-state index contributed by atoms with van der Waals surface area (Å²) in [6.07, 6.45) is 2.84. The maximum absolute atomic E-state index is 13.7. The highest BCUT2D eigenvalue weighted by atomic mass is 32.2. The third kappa shape index (κ3) is 5.09. The average Bonchev–Trinajstić information content (AvgIpc) is 2.78. The second-order valence-corrected chi connectivity index (χ2v) is 10.4. The van der Waals surface area contributed by atoms with Crippen molar-refractivity contribution in [1.29, 1.82) is 0 Å². The zero-order valence-electron chi connectivity index (χ0n) is 18.0. The van der Waals surface area contributed by atoms with Gasteiger partial charge in [0.1, 0.15) is 12.6 Å². The third-order valence-corrected chi connectivity index (χ3v) is 7.88. The van der Waals surface area contributed by atoms with E-state index in [9.17, 15) is 13.5 Å². The number of nitrogens with zero attached hydrogens (tertiary/aromatic N) is 1. The van der Waals surface area contributed by atoms with Gasteiger partial charge in [0.05, 0.1) is 30.2 Å². The van der Waals surface area contributed by atoms with Crippen LogP contribution < -0.4 is 9.21 Å². The lowest BCUT2D eigenvalue weighted by atomic mass is 10.1. The van der Waals surface area contributed by atoms with Crippen LogP contribution in [0.3, 0.4) is 0 Å². The van der Waals surface area contributed by atoms with Gasteiger partial charge in [-0.3, -0.25) is 4.31 Å². The number of quaternary nitrogens is 1. The number of benzene rings is 3. The highest BCUT2D eigenvalue weighted by molar-refractivity contribution is 7.92. The van der Waals surface area contributed by atoms with Gasteiger partial charge in [0.25, 0.3) is 10.0 Å². The van der Waals surface area contributed by atoms with E-state index in [0.717, 1.165) is 29.4 Å². The lowest BCUT2D eigenvalue weighted by Crippen LogP contribution is -3.14. The maximum Gasteiger partial charge on any atom is 0.264 e. The van der Waals surface area contributed by atoms with Crippen molar-refractivity contribution in [2.24, 2.45) is 0 Å². The molecule has 3 aromatic carbocycles. The summed E-state index contributed by atoms with van der Waals surface area (Å²) >= 11 is 0. The summed E-state index contributed by atoms with van der Waals surface area (Å²) in [5, 5.41) is 12.7. The van der Waals surface area contributed by atoms with Crippen LogP contribution in [0, 0.1) is 6.92 Å². The van der Waals surface area contributed by atoms with Crippen molar-refractivity contribution in [2.45, 2.75) is 37.2 Å². The minimum absolute atomic E-state index is 0.0434. The SMILES string of the molecule is Cc1ccc(N(CC(O)C[NH+]2CCCCC2)S(=O)(=O)c2ccc3ccccc3c2)cc1. The van der Waals surface area contributed by atoms with E-state index in [1.54, 1.807) is 12.1 Å². The number of anilines is 1. The van der Waals surface area contributed by atoms with Crippen LogP contribution in [0.4, 0.5) is 5.69 Å². The van der Waals surface area contributed by atoms with Crippen LogP contribution in [0.1, 0.15) is 24.8 Å². The van der Waals surface area contributed by atoms with Gasteiger partial charge in [-0.2, -0.15) is 0 Å². The summed E-state index contributed by atoms with van der Waals surface area (Å²) in [5.41, 5.74) is 1.64. The second kappa shape index (κ2) is 9.39. The quantitative estimate of drug-likeness (QED) is 0.595. The summed E-state index contributed by atoms with van der Waals surface area (Å²) in [5.74, 6) is 0. The van der Waals surface area contributed by atoms with Gasteiger partial charge in [-0.05, 0) is 61.2 Å². The minimum Gasteiger partial charge on any atom is -0.385 e. The highest BCUT2D eigenvalue weighted by Crippen LogP contribution is 2.27. The van der Waals surface area contributed by atoms with Crippen molar-refractivity contribution < 1.29 is 18.4 Å². The first-order valence-corrected chi connectivity index (χ1v) is 12.5. The lowest BCUT2D eigenvalue weighted by molar-refractivity contribution is -0.907. The van der Waals surface area contributed by atoms with Gasteiger partial charge >= 0.3 is 0 Å². The Balaban J connectivity index is 1.65. The molecule has 1 atom stereocenters. The fourth-order valence-electron chi connectivity index (χ4n) is 4.35. The van der Waals surface area contributed by atoms with Gasteiger partial charge in [0.15, 0.2) is 0 Å². The molecule has 1 aliphatic heterocycles. The normalized spacial score (nSPS) is 16.3. The molecule has 0 aliphatic carbocycles. The number of aliphatic hydroxyl groups excluding tert-OH is 1. The number of nitrogens with one attached hydrogen (secondary N) is 1. The Morgan fingerprint density at radius 2 is 1.61 bits per heavy atom. The molecule has 1 unspecified atom stereocenters. The summed E-state index contributed by atoms with van der Waals surface area (Å²) in [6.45, 7) is 4.66. The predicted molar refractivity (Wildman–Crippen MR) is 125 cm³/mol. The Kier molecular flexibility index (Phi) is 6.60. The molecule has 1 saturated heterocycles. The Labute approximate surface area is 185 Å². The van der Waals surface area contributed by atoms with Crippen molar-refractivity contribution in [1.82, 2.24) is 0 Å². The number of piperidine rings is 1. The van der Waals surface area contributed by atoms with Crippen LogP contribution in [-0.4, -0.2) is 45.8 Å². The molecule has 5 nitrogen and oxygen atoms in total. The van der Waals surface area contributed by atoms with E-state index in [4.69, 9.17) is 0 Å². The van der Waals surface area contributed by atoms with Gasteiger partial charge in [-0.1, -0.05) is 48.0 Å². The fourth-order valence-corrected chi connectivity index (χ4v) is 5.89. The monoisotopic (exact) mass is 439 g/mol. The van der Waals surface area contributed by atoms with Crippen LogP contribution in [-0.2, 0) is 10.0 Å². The molecule has 3 aromatic rings. The van der Waals surface area contributed by atoms with Crippen molar-refractivity contribution in [2.75, 3.05) is 30.5 Å². The van der Waals surface area contributed by atoms with Gasteiger partial charge in [-0.25, -0.2) is 8.42 Å². The second-order valence-electron chi connectivity index (χ2n) is 8.55. The third-order valence-electron chi connectivity index (χ3n) is 6.09. The van der Waals surface area contributed by atoms with Crippen LogP contribution in [0.25, 0.3) is 10.8 Å². The van der Waals surface area contributed by atoms with Crippen molar-refractivity contribution in [3.8, 4) is 0 Å². The average molecular weight is 440 g/mol. The molecule has 6 heteroatoms. The standard InChI is InChI=1S/C25H30N2O3S/c1-20-9-12-23(13-10-20)27(19-24(28)18-26-15-5-2-6-16-26)31(29,30)25-14-11-21-7-3-4-8-22(21)17-25/h3-4,7-14,17,24,28H,2,5-6,15-16,18-19H2,1H3/p+1. The first-order valence-electron chi connectivity index (χ1n) is 11.0. The Morgan fingerprint density at radius 3 is 2.32 bits per heavy atom. The molecule has 0 saturated carbocycles. The number of fused-ring (bicyclic) bond motifs is 1. The molecule has 0 bridgehead atoms. The molecule has 0 amide bonds. The van der Waals surface area contributed by atoms with E-state index in [2.05, 4.69) is 0 Å². The van der Waals surface area contributed by atoms with E-state index < -0.39 is 16.1 Å². The van der Waals surface area contributed by atoms with Gasteiger partial charge in [0, 0.05) is 0 Å². The molecular weight excluding hydrogens is 408 g/mol. The number of aliphatic hydroxyl groups is 1.